The van der Waals surface area contributed by atoms with Gasteiger partial charge in [-0.15, -0.1) is 0 Å². The zero-order valence-electron chi connectivity index (χ0n) is 11.2. The van der Waals surface area contributed by atoms with Gasteiger partial charge in [-0.2, -0.15) is 0 Å². The van der Waals surface area contributed by atoms with Crippen LogP contribution in [0, 0.1) is 0 Å². The van der Waals surface area contributed by atoms with Gasteiger partial charge in [-0.25, -0.2) is 0 Å². The van der Waals surface area contributed by atoms with E-state index in [0.717, 1.165) is 6.54 Å². The first-order chi connectivity index (χ1) is 8.35. The molecule has 1 nitrogen and oxygen atoms in total. The van der Waals surface area contributed by atoms with Gasteiger partial charge in [-0.3, -0.25) is 0 Å². The molecule has 2 N–H and O–H groups in total. The Kier molecular flexibility index (Phi) is 12.2. The predicted molar refractivity (Wildman–Crippen MR) is 79.0 cm³/mol. The van der Waals surface area contributed by atoms with Gasteiger partial charge in [0.15, 0.2) is 0 Å². The lowest BCUT2D eigenvalue weighted by Crippen LogP contribution is -1.97. The standard InChI is InChI=1S/C8H19N.C8H8/c1-2-3-4-5-6-7-8-9;1-2-8-6-4-3-5-7-8/h2-9H2,1H3;2-7H,1H2. The molecule has 17 heavy (non-hydrogen) atoms. The molecule has 0 spiro atoms. The van der Waals surface area contributed by atoms with Crippen molar-refractivity contribution in [1.29, 1.82) is 0 Å². The van der Waals surface area contributed by atoms with E-state index in [1.807, 2.05) is 36.4 Å². The van der Waals surface area contributed by atoms with Gasteiger partial charge < -0.3 is 5.73 Å². The lowest BCUT2D eigenvalue weighted by atomic mass is 10.1. The Morgan fingerprint density at radius 2 is 1.59 bits per heavy atom. The van der Waals surface area contributed by atoms with Gasteiger partial charge in [-0.1, -0.05) is 82.0 Å². The molecule has 0 aromatic heterocycles. The minimum absolute atomic E-state index is 0.867. The van der Waals surface area contributed by atoms with Gasteiger partial charge in [-0.05, 0) is 18.5 Å². The van der Waals surface area contributed by atoms with Gasteiger partial charge >= 0.3 is 0 Å². The van der Waals surface area contributed by atoms with E-state index in [1.54, 1.807) is 0 Å². The van der Waals surface area contributed by atoms with Crippen molar-refractivity contribution in [3.8, 4) is 0 Å². The molecule has 0 atom stereocenters. The minimum Gasteiger partial charge on any atom is -0.330 e. The second kappa shape index (κ2) is 13.0. The number of unbranched alkanes of at least 4 members (excludes halogenated alkanes) is 5. The summed E-state index contributed by atoms with van der Waals surface area (Å²) in [5.74, 6) is 0. The molecule has 0 aliphatic heterocycles. The monoisotopic (exact) mass is 233 g/mol. The van der Waals surface area contributed by atoms with E-state index < -0.39 is 0 Å². The van der Waals surface area contributed by atoms with Crippen LogP contribution in [0.4, 0.5) is 0 Å². The topological polar surface area (TPSA) is 26.0 Å². The largest absolute Gasteiger partial charge is 0.330 e. The molecule has 0 fully saturated rings. The maximum atomic E-state index is 5.34. The quantitative estimate of drug-likeness (QED) is 0.682. The van der Waals surface area contributed by atoms with Gasteiger partial charge in [0, 0.05) is 0 Å². The number of nitrogens with two attached hydrogens (primary N) is 1. The van der Waals surface area contributed by atoms with E-state index in [4.69, 9.17) is 5.73 Å². The van der Waals surface area contributed by atoms with Crippen LogP contribution in [0.2, 0.25) is 0 Å². The van der Waals surface area contributed by atoms with E-state index in [-0.39, 0.29) is 0 Å². The van der Waals surface area contributed by atoms with Crippen LogP contribution in [0.25, 0.3) is 6.08 Å². The van der Waals surface area contributed by atoms with Gasteiger partial charge in [0.1, 0.15) is 0 Å². The highest BCUT2D eigenvalue weighted by Crippen LogP contribution is 2.03. The third-order valence-corrected chi connectivity index (χ3v) is 2.59. The van der Waals surface area contributed by atoms with Crippen molar-refractivity contribution < 1.29 is 0 Å². The van der Waals surface area contributed by atoms with Crippen LogP contribution in [-0.4, -0.2) is 6.54 Å². The van der Waals surface area contributed by atoms with Crippen LogP contribution in [-0.2, 0) is 0 Å². The maximum Gasteiger partial charge on any atom is -0.00773 e. The highest BCUT2D eigenvalue weighted by Gasteiger charge is 1.85. The van der Waals surface area contributed by atoms with E-state index in [9.17, 15) is 0 Å². The summed E-state index contributed by atoms with van der Waals surface area (Å²) in [6.07, 6.45) is 9.88. The van der Waals surface area contributed by atoms with Gasteiger partial charge in [0.2, 0.25) is 0 Å². The van der Waals surface area contributed by atoms with Crippen molar-refractivity contribution in [2.75, 3.05) is 6.54 Å². The Morgan fingerprint density at radius 3 is 2.06 bits per heavy atom. The molecule has 0 saturated carbocycles. The smallest absolute Gasteiger partial charge is 0.00773 e. The zero-order valence-corrected chi connectivity index (χ0v) is 11.2. The Labute approximate surface area is 107 Å². The number of hydrogen-bond donors (Lipinski definition) is 1. The lowest BCUT2D eigenvalue weighted by molar-refractivity contribution is 0.612. The Morgan fingerprint density at radius 1 is 1.00 bits per heavy atom. The fraction of sp³-hybridized carbons (Fsp3) is 0.500. The first-order valence-electron chi connectivity index (χ1n) is 6.72. The fourth-order valence-electron chi connectivity index (χ4n) is 1.51. The van der Waals surface area contributed by atoms with Crippen molar-refractivity contribution >= 4 is 6.08 Å². The minimum atomic E-state index is 0.867. The van der Waals surface area contributed by atoms with Crippen LogP contribution >= 0.6 is 0 Å². The third kappa shape index (κ3) is 11.2. The summed E-state index contributed by atoms with van der Waals surface area (Å²) in [5, 5.41) is 0. The van der Waals surface area contributed by atoms with Crippen molar-refractivity contribution in [2.24, 2.45) is 5.73 Å². The van der Waals surface area contributed by atoms with E-state index >= 15 is 0 Å². The Hall–Kier alpha value is -1.08. The summed E-state index contributed by atoms with van der Waals surface area (Å²) in [7, 11) is 0. The second-order valence-electron chi connectivity index (χ2n) is 4.17. The first-order valence-corrected chi connectivity index (χ1v) is 6.72. The van der Waals surface area contributed by atoms with Crippen LogP contribution in [0.1, 0.15) is 51.0 Å². The van der Waals surface area contributed by atoms with E-state index in [0.29, 0.717) is 0 Å². The average molecular weight is 233 g/mol. The highest BCUT2D eigenvalue weighted by molar-refractivity contribution is 5.45. The Bertz CT molecular complexity index is 247. The molecule has 1 heteroatoms. The molecule has 1 aromatic carbocycles. The molecular formula is C16H27N. The molecular weight excluding hydrogens is 206 g/mol. The maximum absolute atomic E-state index is 5.34. The summed E-state index contributed by atoms with van der Waals surface area (Å²) in [5.41, 5.74) is 6.52. The molecule has 1 rings (SSSR count). The molecule has 96 valence electrons. The zero-order chi connectivity index (χ0) is 12.8. The summed E-state index contributed by atoms with van der Waals surface area (Å²) in [6, 6.07) is 10.0. The van der Waals surface area contributed by atoms with Gasteiger partial charge in [0.25, 0.3) is 0 Å². The van der Waals surface area contributed by atoms with Crippen LogP contribution < -0.4 is 5.73 Å². The van der Waals surface area contributed by atoms with Crippen molar-refractivity contribution in [3.63, 3.8) is 0 Å². The molecule has 1 aromatic rings. The molecule has 0 heterocycles. The summed E-state index contributed by atoms with van der Waals surface area (Å²) in [6.45, 7) is 6.74. The van der Waals surface area contributed by atoms with E-state index in [2.05, 4.69) is 13.5 Å². The molecule has 0 unspecified atom stereocenters. The van der Waals surface area contributed by atoms with Crippen molar-refractivity contribution in [1.82, 2.24) is 0 Å². The van der Waals surface area contributed by atoms with Crippen molar-refractivity contribution in [3.05, 3.63) is 42.5 Å². The normalized spacial score (nSPS) is 9.29. The van der Waals surface area contributed by atoms with Crippen molar-refractivity contribution in [2.45, 2.75) is 45.4 Å². The molecule has 0 radical (unpaired) electrons. The fourth-order valence-corrected chi connectivity index (χ4v) is 1.51. The SMILES string of the molecule is C=Cc1ccccc1.CCCCCCCCN. The molecule has 0 saturated heterocycles. The van der Waals surface area contributed by atoms with Crippen LogP contribution in [0.3, 0.4) is 0 Å². The number of hydrogen-bond acceptors (Lipinski definition) is 1. The molecule has 0 aliphatic rings. The lowest BCUT2D eigenvalue weighted by Gasteiger charge is -1.96. The van der Waals surface area contributed by atoms with Crippen LogP contribution in [0.5, 0.6) is 0 Å². The van der Waals surface area contributed by atoms with Gasteiger partial charge in [0.05, 0.1) is 0 Å². The molecule has 0 amide bonds. The number of benzene rings is 1. The number of rotatable bonds is 7. The highest BCUT2D eigenvalue weighted by atomic mass is 14.5. The van der Waals surface area contributed by atoms with E-state index in [1.165, 1.54) is 44.1 Å². The molecule has 0 aliphatic carbocycles. The first kappa shape index (κ1) is 15.9. The summed E-state index contributed by atoms with van der Waals surface area (Å²) in [4.78, 5) is 0. The molecule has 0 bridgehead atoms. The summed E-state index contributed by atoms with van der Waals surface area (Å²) < 4.78 is 0. The Balaban J connectivity index is 0.000000302. The average Bonchev–Trinajstić information content (AvgIpc) is 2.40. The predicted octanol–water partition coefficient (Wildman–Crippen LogP) is 4.64. The van der Waals surface area contributed by atoms with Crippen LogP contribution in [0.15, 0.2) is 36.9 Å². The third-order valence-electron chi connectivity index (χ3n) is 2.59. The summed E-state index contributed by atoms with van der Waals surface area (Å²) >= 11 is 0. The second-order valence-corrected chi connectivity index (χ2v) is 4.17.